The van der Waals surface area contributed by atoms with Gasteiger partial charge in [0, 0.05) is 17.4 Å². The molecule has 35 heavy (non-hydrogen) atoms. The Bertz CT molecular complexity index is 1190. The number of amides is 4. The number of aromatic nitrogens is 1. The van der Waals surface area contributed by atoms with Crippen molar-refractivity contribution in [1.29, 1.82) is 0 Å². The quantitative estimate of drug-likeness (QED) is 0.499. The normalized spacial score (nSPS) is 22.2. The van der Waals surface area contributed by atoms with Gasteiger partial charge in [0.25, 0.3) is 5.91 Å². The van der Waals surface area contributed by atoms with Crippen LogP contribution in [0.4, 0.5) is 4.79 Å². The summed E-state index contributed by atoms with van der Waals surface area (Å²) in [6.45, 7) is 9.49. The van der Waals surface area contributed by atoms with Crippen molar-refractivity contribution in [3.8, 4) is 0 Å². The lowest BCUT2D eigenvalue weighted by atomic mass is 9.86. The third-order valence-electron chi connectivity index (χ3n) is 7.58. The highest BCUT2D eigenvalue weighted by Gasteiger charge is 2.60. The molecule has 1 unspecified atom stereocenters. The van der Waals surface area contributed by atoms with E-state index in [4.69, 9.17) is 0 Å². The van der Waals surface area contributed by atoms with Crippen LogP contribution in [0.3, 0.4) is 0 Å². The van der Waals surface area contributed by atoms with Crippen LogP contribution in [-0.4, -0.2) is 62.3 Å². The van der Waals surface area contributed by atoms with E-state index in [-0.39, 0.29) is 18.3 Å². The number of hydrogen-bond donors (Lipinski definition) is 3. The molecule has 9 heteroatoms. The molecular weight excluding hydrogens is 448 g/mol. The molecule has 2 aliphatic heterocycles. The lowest BCUT2D eigenvalue weighted by Gasteiger charge is -2.36. The summed E-state index contributed by atoms with van der Waals surface area (Å²) in [6.07, 6.45) is 1.39. The maximum atomic E-state index is 14.0. The molecule has 4 atom stereocenters. The van der Waals surface area contributed by atoms with Crippen molar-refractivity contribution >= 4 is 34.7 Å². The highest BCUT2D eigenvalue weighted by Crippen LogP contribution is 2.45. The van der Waals surface area contributed by atoms with Gasteiger partial charge < -0.3 is 20.3 Å². The molecule has 1 aromatic carbocycles. The average molecular weight is 483 g/mol. The number of carboxylic acid groups (broad SMARTS) is 1. The van der Waals surface area contributed by atoms with Crippen LogP contribution in [0.1, 0.15) is 58.7 Å². The fourth-order valence-corrected chi connectivity index (χ4v) is 5.40. The number of carboxylic acids is 1. The van der Waals surface area contributed by atoms with Crippen LogP contribution in [0, 0.1) is 11.8 Å². The third kappa shape index (κ3) is 3.86. The second-order valence-corrected chi connectivity index (χ2v) is 10.3. The molecule has 0 saturated carbocycles. The van der Waals surface area contributed by atoms with E-state index >= 15 is 0 Å². The Kier molecular flexibility index (Phi) is 6.38. The minimum Gasteiger partial charge on any atom is -0.480 e. The van der Waals surface area contributed by atoms with Crippen molar-refractivity contribution < 1.29 is 24.3 Å². The van der Waals surface area contributed by atoms with Crippen LogP contribution in [0.5, 0.6) is 0 Å². The Hall–Kier alpha value is -3.36. The van der Waals surface area contributed by atoms with Gasteiger partial charge in [0.05, 0.1) is 5.69 Å². The molecule has 1 aromatic heterocycles. The number of fused-ring (bicyclic) bond motifs is 5. The Balaban J connectivity index is 1.73. The van der Waals surface area contributed by atoms with Gasteiger partial charge in [-0.3, -0.25) is 9.59 Å². The Morgan fingerprint density at radius 1 is 1.20 bits per heavy atom. The summed E-state index contributed by atoms with van der Waals surface area (Å²) in [4.78, 5) is 58.9. The molecule has 188 valence electrons. The molecule has 0 aliphatic carbocycles. The van der Waals surface area contributed by atoms with Crippen molar-refractivity contribution in [1.82, 2.24) is 20.1 Å². The van der Waals surface area contributed by atoms with Gasteiger partial charge in [-0.1, -0.05) is 52.3 Å². The smallest absolute Gasteiger partial charge is 0.328 e. The predicted octanol–water partition coefficient (Wildman–Crippen LogP) is 3.23. The van der Waals surface area contributed by atoms with Crippen molar-refractivity contribution in [2.24, 2.45) is 11.8 Å². The first-order valence-corrected chi connectivity index (χ1v) is 12.3. The maximum absolute atomic E-state index is 14.0. The number of H-pyrrole nitrogens is 1. The molecule has 0 bridgehead atoms. The standard InChI is InChI=1S/C26H34N4O5/c1-6-15(4)20(23(32)33)28-22(31)19(13-14(2)3)30-24(34)26(5)21-17(11-12-29(26)25(30)35)16-9-7-8-10-18(16)27-21/h7-10,14-15,19-20,27H,6,11-13H2,1-5H3,(H,28,31)(H,32,33)/t15?,19-,20-,26-/m0/s1. The number of hydrogen-bond acceptors (Lipinski definition) is 4. The second-order valence-electron chi connectivity index (χ2n) is 10.3. The molecule has 1 saturated heterocycles. The zero-order chi connectivity index (χ0) is 25.7. The van der Waals surface area contributed by atoms with Gasteiger partial charge in [-0.05, 0) is 43.2 Å². The highest BCUT2D eigenvalue weighted by atomic mass is 16.4. The SMILES string of the molecule is CCC(C)[C@H](NC(=O)[C@H](CC(C)C)N1C(=O)N2CCc3c([nH]c4ccccc34)[C@@]2(C)C1=O)C(=O)O. The Morgan fingerprint density at radius 2 is 1.89 bits per heavy atom. The number of nitrogens with one attached hydrogen (secondary N) is 2. The summed E-state index contributed by atoms with van der Waals surface area (Å²) in [5.41, 5.74) is 1.32. The lowest BCUT2D eigenvalue weighted by molar-refractivity contribution is -0.145. The first-order valence-electron chi connectivity index (χ1n) is 12.3. The molecule has 9 nitrogen and oxygen atoms in total. The van der Waals surface area contributed by atoms with Crippen LogP contribution in [0.15, 0.2) is 24.3 Å². The van der Waals surface area contributed by atoms with E-state index in [0.29, 0.717) is 25.1 Å². The van der Waals surface area contributed by atoms with Crippen LogP contribution in [0.25, 0.3) is 10.9 Å². The number of aliphatic carboxylic acids is 1. The van der Waals surface area contributed by atoms with E-state index in [1.165, 1.54) is 4.90 Å². The molecule has 0 radical (unpaired) electrons. The van der Waals surface area contributed by atoms with Gasteiger partial charge in [-0.15, -0.1) is 0 Å². The van der Waals surface area contributed by atoms with Crippen LogP contribution in [-0.2, 0) is 26.3 Å². The number of carbonyl (C=O) groups excluding carboxylic acids is 3. The van der Waals surface area contributed by atoms with Crippen molar-refractivity contribution in [3.05, 3.63) is 35.5 Å². The minimum atomic E-state index is -1.26. The van der Waals surface area contributed by atoms with Gasteiger partial charge in [-0.25, -0.2) is 14.5 Å². The Morgan fingerprint density at radius 3 is 2.51 bits per heavy atom. The number of urea groups is 1. The Labute approximate surface area is 204 Å². The molecule has 3 heterocycles. The fraction of sp³-hybridized carbons (Fsp3) is 0.538. The van der Waals surface area contributed by atoms with Gasteiger partial charge >= 0.3 is 12.0 Å². The fourth-order valence-electron chi connectivity index (χ4n) is 5.40. The van der Waals surface area contributed by atoms with E-state index in [9.17, 15) is 24.3 Å². The number of aromatic amines is 1. The lowest BCUT2D eigenvalue weighted by Crippen LogP contribution is -2.55. The number of carbonyl (C=O) groups is 4. The predicted molar refractivity (Wildman–Crippen MR) is 131 cm³/mol. The number of nitrogens with zero attached hydrogens (tertiary/aromatic N) is 2. The van der Waals surface area contributed by atoms with Crippen LogP contribution in [0.2, 0.25) is 0 Å². The summed E-state index contributed by atoms with van der Waals surface area (Å²) >= 11 is 0. The molecule has 1 fully saturated rings. The monoisotopic (exact) mass is 482 g/mol. The number of benzene rings is 1. The summed E-state index contributed by atoms with van der Waals surface area (Å²) in [7, 11) is 0. The second kappa shape index (κ2) is 9.02. The molecule has 0 spiro atoms. The topological polar surface area (TPSA) is 123 Å². The van der Waals surface area contributed by atoms with Crippen molar-refractivity contribution in [3.63, 3.8) is 0 Å². The number of para-hydroxylation sites is 1. The van der Waals surface area contributed by atoms with E-state index in [0.717, 1.165) is 21.4 Å². The molecule has 4 rings (SSSR count). The van der Waals surface area contributed by atoms with Crippen molar-refractivity contribution in [2.75, 3.05) is 6.54 Å². The summed E-state index contributed by atoms with van der Waals surface area (Å²) < 4.78 is 0. The maximum Gasteiger partial charge on any atom is 0.328 e. The van der Waals surface area contributed by atoms with E-state index in [1.807, 2.05) is 45.0 Å². The zero-order valence-corrected chi connectivity index (χ0v) is 20.9. The molecular formula is C26H34N4O5. The summed E-state index contributed by atoms with van der Waals surface area (Å²) in [5.74, 6) is -2.53. The van der Waals surface area contributed by atoms with Gasteiger partial charge in [0.2, 0.25) is 5.91 Å². The number of imide groups is 1. The number of rotatable bonds is 8. The van der Waals surface area contributed by atoms with Crippen molar-refractivity contribution in [2.45, 2.75) is 71.5 Å². The van der Waals surface area contributed by atoms with Gasteiger partial charge in [-0.2, -0.15) is 0 Å². The summed E-state index contributed by atoms with van der Waals surface area (Å²) in [6, 6.07) is 5.08. The van der Waals surface area contributed by atoms with Crippen LogP contribution < -0.4 is 5.32 Å². The minimum absolute atomic E-state index is 0.00713. The van der Waals surface area contributed by atoms with Crippen LogP contribution >= 0.6 is 0 Å². The van der Waals surface area contributed by atoms with Gasteiger partial charge in [0.15, 0.2) is 5.54 Å². The van der Waals surface area contributed by atoms with E-state index in [1.54, 1.807) is 13.8 Å². The first-order chi connectivity index (χ1) is 16.5. The molecule has 4 amide bonds. The molecule has 2 aromatic rings. The highest BCUT2D eigenvalue weighted by molar-refractivity contribution is 6.11. The average Bonchev–Trinajstić information content (AvgIpc) is 3.29. The summed E-state index contributed by atoms with van der Waals surface area (Å²) in [5, 5.41) is 13.3. The third-order valence-corrected chi connectivity index (χ3v) is 7.58. The largest absolute Gasteiger partial charge is 0.480 e. The van der Waals surface area contributed by atoms with Gasteiger partial charge in [0.1, 0.15) is 12.1 Å². The molecule has 3 N–H and O–H groups in total. The first kappa shape index (κ1) is 24.8. The molecule has 2 aliphatic rings. The van der Waals surface area contributed by atoms with E-state index < -0.39 is 41.4 Å². The zero-order valence-electron chi connectivity index (χ0n) is 20.9. The van der Waals surface area contributed by atoms with E-state index in [2.05, 4.69) is 10.3 Å².